The van der Waals surface area contributed by atoms with Crippen molar-refractivity contribution in [2.24, 2.45) is 0 Å². The van der Waals surface area contributed by atoms with E-state index in [0.29, 0.717) is 46.2 Å². The molecule has 162 valence electrons. The number of ether oxygens (including phenoxy) is 4. The maximum absolute atomic E-state index is 12.1. The van der Waals surface area contributed by atoms with E-state index in [1.165, 1.54) is 22.3 Å². The summed E-state index contributed by atoms with van der Waals surface area (Å²) in [5.74, 6) is 0.0675. The molecule has 0 heterocycles. The molecule has 1 amide bonds. The van der Waals surface area contributed by atoms with E-state index in [1.807, 2.05) is 24.3 Å². The number of alkyl carbamates (subject to hydrolysis) is 1. The number of carbonyl (C=O) groups is 1. The molecular formula is C24H31NO5. The van der Waals surface area contributed by atoms with Crippen LogP contribution in [0.2, 0.25) is 0 Å². The van der Waals surface area contributed by atoms with E-state index in [9.17, 15) is 4.79 Å². The summed E-state index contributed by atoms with van der Waals surface area (Å²) in [5, 5.41) is 2.73. The van der Waals surface area contributed by atoms with Gasteiger partial charge in [-0.2, -0.15) is 0 Å². The first-order chi connectivity index (χ1) is 14.8. The molecule has 0 saturated carbocycles. The Morgan fingerprint density at radius 1 is 0.800 bits per heavy atom. The Kier molecular flexibility index (Phi) is 9.15. The van der Waals surface area contributed by atoms with E-state index >= 15 is 0 Å². The summed E-state index contributed by atoms with van der Waals surface area (Å²) in [6, 6.07) is 16.6. The lowest BCUT2D eigenvalue weighted by atomic mass is 9.98. The highest BCUT2D eigenvalue weighted by atomic mass is 16.6. The smallest absolute Gasteiger partial charge is 0.407 e. The standard InChI is InChI=1S/C24H31NO5/c1-2-12-27-14-16-29-17-15-28-13-11-25-24(26)30-18-23-21-9-5-3-7-19(21)20-8-4-6-10-22(20)23/h3-10,23H,2,11-18H2,1H3,(H,25,26). The van der Waals surface area contributed by atoms with Crippen molar-refractivity contribution < 1.29 is 23.7 Å². The average molecular weight is 414 g/mol. The SMILES string of the molecule is CCCOCCOCCOCCNC(=O)OCC1c2ccccc2-c2ccccc21. The lowest BCUT2D eigenvalue weighted by Gasteiger charge is -2.14. The maximum atomic E-state index is 12.1. The Morgan fingerprint density at radius 3 is 1.93 bits per heavy atom. The molecule has 1 aliphatic carbocycles. The van der Waals surface area contributed by atoms with Crippen LogP contribution in [-0.4, -0.2) is 58.9 Å². The van der Waals surface area contributed by atoms with Gasteiger partial charge in [-0.25, -0.2) is 4.79 Å². The predicted molar refractivity (Wildman–Crippen MR) is 116 cm³/mol. The van der Waals surface area contributed by atoms with Gasteiger partial charge in [0.1, 0.15) is 6.61 Å². The number of fused-ring (bicyclic) bond motifs is 3. The third-order valence-electron chi connectivity index (χ3n) is 4.95. The summed E-state index contributed by atoms with van der Waals surface area (Å²) in [6.07, 6.45) is 0.588. The van der Waals surface area contributed by atoms with Gasteiger partial charge in [0.2, 0.25) is 0 Å². The minimum absolute atomic E-state index is 0.0675. The van der Waals surface area contributed by atoms with Gasteiger partial charge in [-0.05, 0) is 28.7 Å². The van der Waals surface area contributed by atoms with Gasteiger partial charge in [0.25, 0.3) is 0 Å². The third kappa shape index (κ3) is 6.29. The van der Waals surface area contributed by atoms with Gasteiger partial charge >= 0.3 is 6.09 Å². The molecule has 30 heavy (non-hydrogen) atoms. The topological polar surface area (TPSA) is 66.0 Å². The molecule has 1 aliphatic rings. The molecule has 0 spiro atoms. The molecule has 6 heteroatoms. The largest absolute Gasteiger partial charge is 0.449 e. The molecule has 0 bridgehead atoms. The quantitative estimate of drug-likeness (QED) is 0.503. The molecule has 0 aromatic heterocycles. The monoisotopic (exact) mass is 413 g/mol. The van der Waals surface area contributed by atoms with Gasteiger partial charge < -0.3 is 24.3 Å². The first-order valence-corrected chi connectivity index (χ1v) is 10.6. The fraction of sp³-hybridized carbons (Fsp3) is 0.458. The van der Waals surface area contributed by atoms with Gasteiger partial charge in [-0.15, -0.1) is 0 Å². The molecule has 2 aromatic carbocycles. The van der Waals surface area contributed by atoms with Crippen LogP contribution in [0, 0.1) is 0 Å². The highest BCUT2D eigenvalue weighted by molar-refractivity contribution is 5.79. The van der Waals surface area contributed by atoms with Crippen molar-refractivity contribution in [3.63, 3.8) is 0 Å². The van der Waals surface area contributed by atoms with E-state index in [0.717, 1.165) is 13.0 Å². The molecule has 0 unspecified atom stereocenters. The fourth-order valence-corrected chi connectivity index (χ4v) is 3.56. The molecule has 1 N–H and O–H groups in total. The van der Waals surface area contributed by atoms with Crippen molar-refractivity contribution in [1.82, 2.24) is 5.32 Å². The summed E-state index contributed by atoms with van der Waals surface area (Å²) in [4.78, 5) is 12.1. The number of rotatable bonds is 13. The molecule has 3 rings (SSSR count). The van der Waals surface area contributed by atoms with Crippen molar-refractivity contribution in [2.45, 2.75) is 19.3 Å². The van der Waals surface area contributed by atoms with Gasteiger partial charge in [0.05, 0.1) is 33.0 Å². The Labute approximate surface area is 178 Å². The highest BCUT2D eigenvalue weighted by Crippen LogP contribution is 2.44. The van der Waals surface area contributed by atoms with E-state index in [-0.39, 0.29) is 5.92 Å². The summed E-state index contributed by atoms with van der Waals surface area (Å²) < 4.78 is 21.7. The van der Waals surface area contributed by atoms with E-state index < -0.39 is 6.09 Å². The molecule has 0 aliphatic heterocycles. The van der Waals surface area contributed by atoms with Crippen LogP contribution < -0.4 is 5.32 Å². The van der Waals surface area contributed by atoms with Crippen LogP contribution >= 0.6 is 0 Å². The zero-order valence-corrected chi connectivity index (χ0v) is 17.6. The predicted octanol–water partition coefficient (Wildman–Crippen LogP) is 3.98. The van der Waals surface area contributed by atoms with E-state index in [1.54, 1.807) is 0 Å². The Hall–Kier alpha value is -2.41. The summed E-state index contributed by atoms with van der Waals surface area (Å²) >= 11 is 0. The van der Waals surface area contributed by atoms with Gasteiger partial charge in [-0.1, -0.05) is 55.5 Å². The van der Waals surface area contributed by atoms with E-state index in [2.05, 4.69) is 36.5 Å². The lowest BCUT2D eigenvalue weighted by Crippen LogP contribution is -2.29. The Morgan fingerprint density at radius 2 is 1.33 bits per heavy atom. The molecule has 0 fully saturated rings. The van der Waals surface area contributed by atoms with Crippen LogP contribution in [0.3, 0.4) is 0 Å². The summed E-state index contributed by atoms with van der Waals surface area (Å²) in [6.45, 7) is 6.15. The molecule has 0 radical (unpaired) electrons. The number of amides is 1. The van der Waals surface area contributed by atoms with Crippen LogP contribution in [0.4, 0.5) is 4.79 Å². The molecule has 2 aromatic rings. The van der Waals surface area contributed by atoms with Crippen molar-refractivity contribution in [1.29, 1.82) is 0 Å². The van der Waals surface area contributed by atoms with Crippen molar-refractivity contribution in [2.75, 3.05) is 52.8 Å². The van der Waals surface area contributed by atoms with Crippen molar-refractivity contribution in [3.05, 3.63) is 59.7 Å². The lowest BCUT2D eigenvalue weighted by molar-refractivity contribution is 0.0151. The fourth-order valence-electron chi connectivity index (χ4n) is 3.56. The summed E-state index contributed by atoms with van der Waals surface area (Å²) in [5.41, 5.74) is 4.84. The first kappa shape index (κ1) is 22.3. The van der Waals surface area contributed by atoms with Crippen LogP contribution in [0.25, 0.3) is 11.1 Å². The number of hydrogen-bond acceptors (Lipinski definition) is 5. The number of carbonyl (C=O) groups excluding carboxylic acids is 1. The van der Waals surface area contributed by atoms with Crippen LogP contribution in [0.1, 0.15) is 30.4 Å². The minimum Gasteiger partial charge on any atom is -0.449 e. The van der Waals surface area contributed by atoms with Crippen molar-refractivity contribution in [3.8, 4) is 11.1 Å². The van der Waals surface area contributed by atoms with E-state index in [4.69, 9.17) is 18.9 Å². The third-order valence-corrected chi connectivity index (χ3v) is 4.95. The van der Waals surface area contributed by atoms with Gasteiger partial charge in [0, 0.05) is 19.1 Å². The highest BCUT2D eigenvalue weighted by Gasteiger charge is 2.28. The molecular weight excluding hydrogens is 382 g/mol. The second-order valence-electron chi connectivity index (χ2n) is 7.09. The normalized spacial score (nSPS) is 12.4. The van der Waals surface area contributed by atoms with Gasteiger partial charge in [0.15, 0.2) is 0 Å². The van der Waals surface area contributed by atoms with Crippen LogP contribution in [-0.2, 0) is 18.9 Å². The molecule has 6 nitrogen and oxygen atoms in total. The Balaban J connectivity index is 1.30. The van der Waals surface area contributed by atoms with Crippen LogP contribution in [0.15, 0.2) is 48.5 Å². The average Bonchev–Trinajstić information content (AvgIpc) is 3.10. The molecule has 0 saturated heterocycles. The van der Waals surface area contributed by atoms with Crippen molar-refractivity contribution >= 4 is 6.09 Å². The van der Waals surface area contributed by atoms with Gasteiger partial charge in [-0.3, -0.25) is 0 Å². The second kappa shape index (κ2) is 12.3. The minimum atomic E-state index is -0.426. The zero-order chi connectivity index (χ0) is 21.0. The zero-order valence-electron chi connectivity index (χ0n) is 17.6. The number of hydrogen-bond donors (Lipinski definition) is 1. The first-order valence-electron chi connectivity index (χ1n) is 10.6. The van der Waals surface area contributed by atoms with Crippen LogP contribution in [0.5, 0.6) is 0 Å². The number of benzene rings is 2. The summed E-state index contributed by atoms with van der Waals surface area (Å²) in [7, 11) is 0. The molecule has 0 atom stereocenters. The maximum Gasteiger partial charge on any atom is 0.407 e. The Bertz CT molecular complexity index is 749. The second-order valence-corrected chi connectivity index (χ2v) is 7.09. The number of nitrogens with one attached hydrogen (secondary N) is 1.